The molecule has 0 aromatic heterocycles. The minimum Gasteiger partial charge on any atom is -0.395 e. The number of nitrogens with zero attached hydrogens (tertiary/aromatic N) is 3. The highest BCUT2D eigenvalue weighted by Gasteiger charge is 2.33. The molecule has 0 unspecified atom stereocenters. The number of amides is 2. The summed E-state index contributed by atoms with van der Waals surface area (Å²) < 4.78 is 41.4. The number of rotatable bonds is 4. The van der Waals surface area contributed by atoms with E-state index in [1.165, 1.54) is 6.07 Å². The lowest BCUT2D eigenvalue weighted by molar-refractivity contribution is -0.137. The second-order valence-corrected chi connectivity index (χ2v) is 4.49. The monoisotopic (exact) mass is 336 g/mol. The fourth-order valence-electron chi connectivity index (χ4n) is 2.03. The van der Waals surface area contributed by atoms with E-state index in [2.05, 4.69) is 5.32 Å². The summed E-state index contributed by atoms with van der Waals surface area (Å²) in [6, 6.07) is 2.35. The van der Waals surface area contributed by atoms with Crippen LogP contribution in [0.25, 0.3) is 0 Å². The lowest BCUT2D eigenvalue weighted by Crippen LogP contribution is -2.34. The highest BCUT2D eigenvalue weighted by Crippen LogP contribution is 2.30. The molecule has 10 heteroatoms. The van der Waals surface area contributed by atoms with Crippen LogP contribution in [0, 0.1) is 40.1 Å². The molecule has 7 nitrogen and oxygen atoms in total. The van der Waals surface area contributed by atoms with Crippen molar-refractivity contribution < 1.29 is 27.9 Å². The maximum Gasteiger partial charge on any atom is 0.277 e. The van der Waals surface area contributed by atoms with Gasteiger partial charge in [-0.15, -0.1) is 0 Å². The van der Waals surface area contributed by atoms with Gasteiger partial charge in [0.05, 0.1) is 18.8 Å². The normalized spacial score (nSPS) is 13.6. The maximum absolute atomic E-state index is 14.2. The van der Waals surface area contributed by atoms with E-state index < -0.39 is 58.4 Å². The number of benzene rings is 1. The van der Waals surface area contributed by atoms with Gasteiger partial charge in [-0.05, 0) is 0 Å². The van der Waals surface area contributed by atoms with E-state index in [0.717, 1.165) is 12.1 Å². The molecule has 0 fully saturated rings. The van der Waals surface area contributed by atoms with E-state index >= 15 is 0 Å². The van der Waals surface area contributed by atoms with Crippen LogP contribution in [0.4, 0.5) is 18.9 Å². The molecule has 0 aliphatic carbocycles. The quantitative estimate of drug-likeness (QED) is 0.611. The Bertz CT molecular complexity index is 868. The van der Waals surface area contributed by atoms with Crippen LogP contribution in [0.3, 0.4) is 0 Å². The first kappa shape index (κ1) is 17.0. The molecule has 0 saturated heterocycles. The van der Waals surface area contributed by atoms with Crippen molar-refractivity contribution in [1.29, 1.82) is 10.5 Å². The average molecular weight is 336 g/mol. The van der Waals surface area contributed by atoms with Gasteiger partial charge in [-0.25, -0.2) is 13.2 Å². The van der Waals surface area contributed by atoms with E-state index in [9.17, 15) is 22.8 Å². The van der Waals surface area contributed by atoms with Gasteiger partial charge in [-0.1, -0.05) is 0 Å². The van der Waals surface area contributed by atoms with E-state index in [0.29, 0.717) is 4.90 Å². The summed E-state index contributed by atoms with van der Waals surface area (Å²) in [5.41, 5.74) is -3.82. The third kappa shape index (κ3) is 2.55. The summed E-state index contributed by atoms with van der Waals surface area (Å²) in [5, 5.41) is 28.4. The Morgan fingerprint density at radius 2 is 1.67 bits per heavy atom. The van der Waals surface area contributed by atoms with Crippen LogP contribution in [0.15, 0.2) is 11.8 Å². The summed E-state index contributed by atoms with van der Waals surface area (Å²) in [6.45, 7) is -0.839. The number of aliphatic hydroxyl groups excluding tert-OH is 1. The van der Waals surface area contributed by atoms with Gasteiger partial charge in [-0.2, -0.15) is 10.5 Å². The molecule has 1 aromatic carbocycles. The molecule has 0 radical (unpaired) electrons. The number of nitriles is 2. The molecule has 1 aromatic rings. The number of carbonyl (C=O) groups is 2. The minimum atomic E-state index is -1.83. The van der Waals surface area contributed by atoms with Crippen molar-refractivity contribution in [2.75, 3.05) is 18.5 Å². The number of imide groups is 1. The first-order valence-electron chi connectivity index (χ1n) is 6.33. The lowest BCUT2D eigenvalue weighted by Gasteiger charge is -2.15. The van der Waals surface area contributed by atoms with Crippen molar-refractivity contribution >= 4 is 17.5 Å². The summed E-state index contributed by atoms with van der Waals surface area (Å²) in [6.07, 6.45) is 0.742. The minimum absolute atomic E-state index is 0.325. The van der Waals surface area contributed by atoms with Crippen molar-refractivity contribution in [1.82, 2.24) is 4.90 Å². The SMILES string of the molecule is N#Cc1c(F)c(F)c(C#N)c(NC2=CC(=O)N(CCO)C2=O)c1F. The zero-order valence-electron chi connectivity index (χ0n) is 11.7. The average Bonchev–Trinajstić information content (AvgIpc) is 2.81. The van der Waals surface area contributed by atoms with Crippen LogP contribution >= 0.6 is 0 Å². The number of hydrogen-bond acceptors (Lipinski definition) is 6. The fraction of sp³-hybridized carbons (Fsp3) is 0.143. The Kier molecular flexibility index (Phi) is 4.53. The number of nitrogens with one attached hydrogen (secondary N) is 1. The van der Waals surface area contributed by atoms with Crippen LogP contribution in [-0.4, -0.2) is 35.0 Å². The largest absolute Gasteiger partial charge is 0.395 e. The van der Waals surface area contributed by atoms with Crippen LogP contribution in [0.1, 0.15) is 11.1 Å². The molecule has 122 valence electrons. The highest BCUT2D eigenvalue weighted by atomic mass is 19.2. The summed E-state index contributed by atoms with van der Waals surface area (Å²) in [4.78, 5) is 24.2. The van der Waals surface area contributed by atoms with E-state index in [1.807, 2.05) is 0 Å². The second kappa shape index (κ2) is 6.40. The van der Waals surface area contributed by atoms with E-state index in [-0.39, 0.29) is 6.54 Å². The lowest BCUT2D eigenvalue weighted by atomic mass is 10.1. The number of halogens is 3. The fourth-order valence-corrected chi connectivity index (χ4v) is 2.03. The van der Waals surface area contributed by atoms with Gasteiger partial charge in [-0.3, -0.25) is 14.5 Å². The molecule has 2 N–H and O–H groups in total. The van der Waals surface area contributed by atoms with Crippen molar-refractivity contribution in [2.24, 2.45) is 0 Å². The third-order valence-corrected chi connectivity index (χ3v) is 3.14. The van der Waals surface area contributed by atoms with Gasteiger partial charge in [0.1, 0.15) is 29.0 Å². The smallest absolute Gasteiger partial charge is 0.277 e. The molecule has 0 bridgehead atoms. The zero-order valence-corrected chi connectivity index (χ0v) is 11.7. The first-order chi connectivity index (χ1) is 11.4. The maximum atomic E-state index is 14.2. The van der Waals surface area contributed by atoms with Gasteiger partial charge in [0.2, 0.25) is 0 Å². The molecule has 1 heterocycles. The number of anilines is 1. The van der Waals surface area contributed by atoms with Gasteiger partial charge >= 0.3 is 0 Å². The molecular weight excluding hydrogens is 329 g/mol. The number of β-amino-alcohol motifs (C(OH)–C–C–N with tert-alkyl or cyclic N) is 1. The van der Waals surface area contributed by atoms with Crippen molar-refractivity contribution in [3.8, 4) is 12.1 Å². The standard InChI is InChI=1S/C14H7F3N4O3/c15-10-6(4-18)12(17)13(7(5-19)11(10)16)20-8-3-9(23)21(1-2-22)14(8)24/h3,20,22H,1-2H2. The number of hydrogen-bond donors (Lipinski definition) is 2. The predicted molar refractivity (Wildman–Crippen MR) is 71.3 cm³/mol. The summed E-state index contributed by atoms with van der Waals surface area (Å²) in [7, 11) is 0. The molecule has 0 spiro atoms. The van der Waals surface area contributed by atoms with E-state index in [4.69, 9.17) is 15.6 Å². The zero-order chi connectivity index (χ0) is 18.0. The molecule has 2 amide bonds. The Labute approximate surface area is 132 Å². The van der Waals surface area contributed by atoms with E-state index in [1.54, 1.807) is 0 Å². The van der Waals surface area contributed by atoms with Gasteiger partial charge < -0.3 is 10.4 Å². The van der Waals surface area contributed by atoms with Gasteiger partial charge in [0.25, 0.3) is 11.8 Å². The Morgan fingerprint density at radius 3 is 2.21 bits per heavy atom. The Morgan fingerprint density at radius 1 is 1.08 bits per heavy atom. The van der Waals surface area contributed by atoms with Crippen LogP contribution in [0.2, 0.25) is 0 Å². The molecule has 0 saturated carbocycles. The first-order valence-corrected chi connectivity index (χ1v) is 6.33. The summed E-state index contributed by atoms with van der Waals surface area (Å²) in [5.74, 6) is -6.95. The number of aliphatic hydroxyl groups is 1. The van der Waals surface area contributed by atoms with Crippen LogP contribution < -0.4 is 5.32 Å². The number of carbonyl (C=O) groups excluding carboxylic acids is 2. The van der Waals surface area contributed by atoms with Gasteiger partial charge in [0.15, 0.2) is 17.5 Å². The summed E-state index contributed by atoms with van der Waals surface area (Å²) >= 11 is 0. The predicted octanol–water partition coefficient (Wildman–Crippen LogP) is 0.504. The molecule has 1 aliphatic rings. The second-order valence-electron chi connectivity index (χ2n) is 4.49. The van der Waals surface area contributed by atoms with Crippen molar-refractivity contribution in [3.05, 3.63) is 40.4 Å². The van der Waals surface area contributed by atoms with Gasteiger partial charge in [0, 0.05) is 6.08 Å². The Balaban J connectivity index is 2.53. The topological polar surface area (TPSA) is 117 Å². The van der Waals surface area contributed by atoms with Crippen LogP contribution in [0.5, 0.6) is 0 Å². The molecule has 24 heavy (non-hydrogen) atoms. The highest BCUT2D eigenvalue weighted by molar-refractivity contribution is 6.17. The molecule has 2 rings (SSSR count). The Hall–Kier alpha value is -3.37. The van der Waals surface area contributed by atoms with Crippen molar-refractivity contribution in [2.45, 2.75) is 0 Å². The molecule has 0 atom stereocenters. The third-order valence-electron chi connectivity index (χ3n) is 3.14. The van der Waals surface area contributed by atoms with Crippen LogP contribution in [-0.2, 0) is 9.59 Å². The molecule has 1 aliphatic heterocycles. The molecular formula is C14H7F3N4O3. The van der Waals surface area contributed by atoms with Crippen molar-refractivity contribution in [3.63, 3.8) is 0 Å².